The van der Waals surface area contributed by atoms with E-state index in [1.54, 1.807) is 12.1 Å². The van der Waals surface area contributed by atoms with Crippen LogP contribution in [0.1, 0.15) is 5.56 Å². The Bertz CT molecular complexity index is 606. The highest BCUT2D eigenvalue weighted by Crippen LogP contribution is 2.23. The number of nitrogen functional groups attached to an aromatic ring is 1. The second-order valence-electron chi connectivity index (χ2n) is 3.85. The summed E-state index contributed by atoms with van der Waals surface area (Å²) in [6, 6.07) is 14.6. The summed E-state index contributed by atoms with van der Waals surface area (Å²) in [6.07, 6.45) is 0. The number of hydrogen-bond donors (Lipinski definition) is 3. The van der Waals surface area contributed by atoms with Crippen molar-refractivity contribution in [3.05, 3.63) is 54.1 Å². The van der Waals surface area contributed by atoms with Gasteiger partial charge in [0.15, 0.2) is 0 Å². The lowest BCUT2D eigenvalue weighted by atomic mass is 9.99. The Kier molecular flexibility index (Phi) is 3.10. The molecule has 0 bridgehead atoms. The fourth-order valence-electron chi connectivity index (χ4n) is 1.70. The van der Waals surface area contributed by atoms with Gasteiger partial charge in [0.05, 0.1) is 0 Å². The number of aliphatic carboxylic acids is 1. The number of anilines is 1. The zero-order valence-electron chi connectivity index (χ0n) is 9.55. The van der Waals surface area contributed by atoms with Gasteiger partial charge in [-0.3, -0.25) is 5.41 Å². The topological polar surface area (TPSA) is 87.2 Å². The van der Waals surface area contributed by atoms with Crippen molar-refractivity contribution < 1.29 is 9.90 Å². The van der Waals surface area contributed by atoms with Crippen LogP contribution in [0.3, 0.4) is 0 Å². The minimum Gasteiger partial charge on any atom is -0.477 e. The first kappa shape index (κ1) is 11.9. The largest absolute Gasteiger partial charge is 0.477 e. The van der Waals surface area contributed by atoms with Crippen molar-refractivity contribution in [3.63, 3.8) is 0 Å². The van der Waals surface area contributed by atoms with Crippen LogP contribution in [0.2, 0.25) is 0 Å². The molecule has 0 aliphatic heterocycles. The average Bonchev–Trinajstić information content (AvgIpc) is 2.39. The molecule has 0 fully saturated rings. The number of nitrogens with one attached hydrogen (secondary N) is 1. The third-order valence-corrected chi connectivity index (χ3v) is 2.64. The smallest absolute Gasteiger partial charge is 0.354 e. The second-order valence-corrected chi connectivity index (χ2v) is 3.85. The van der Waals surface area contributed by atoms with E-state index in [-0.39, 0.29) is 5.56 Å². The van der Waals surface area contributed by atoms with Crippen molar-refractivity contribution in [2.24, 2.45) is 0 Å². The van der Waals surface area contributed by atoms with E-state index in [1.165, 1.54) is 0 Å². The number of rotatable bonds is 3. The fourth-order valence-corrected chi connectivity index (χ4v) is 1.70. The molecular formula is C14H12N2O2. The van der Waals surface area contributed by atoms with Gasteiger partial charge in [0, 0.05) is 11.3 Å². The Morgan fingerprint density at radius 1 is 1.06 bits per heavy atom. The zero-order valence-corrected chi connectivity index (χ0v) is 9.55. The first-order chi connectivity index (χ1) is 8.59. The van der Waals surface area contributed by atoms with Crippen molar-refractivity contribution >= 4 is 17.4 Å². The van der Waals surface area contributed by atoms with Crippen molar-refractivity contribution in [1.29, 1.82) is 5.41 Å². The molecule has 2 aromatic carbocycles. The van der Waals surface area contributed by atoms with Gasteiger partial charge in [-0.1, -0.05) is 36.4 Å². The summed E-state index contributed by atoms with van der Waals surface area (Å²) in [6.45, 7) is 0. The molecule has 0 aromatic heterocycles. The Labute approximate surface area is 104 Å². The molecule has 4 N–H and O–H groups in total. The molecule has 90 valence electrons. The van der Waals surface area contributed by atoms with Crippen LogP contribution in [0.25, 0.3) is 11.1 Å². The molecule has 0 saturated heterocycles. The molecular weight excluding hydrogens is 228 g/mol. The zero-order chi connectivity index (χ0) is 13.1. The highest BCUT2D eigenvalue weighted by molar-refractivity contribution is 6.42. The van der Waals surface area contributed by atoms with Crippen LogP contribution < -0.4 is 5.73 Å². The van der Waals surface area contributed by atoms with E-state index < -0.39 is 11.7 Å². The molecule has 0 atom stereocenters. The van der Waals surface area contributed by atoms with Crippen LogP contribution >= 0.6 is 0 Å². The van der Waals surface area contributed by atoms with Crippen LogP contribution in [0.4, 0.5) is 5.69 Å². The van der Waals surface area contributed by atoms with E-state index in [1.807, 2.05) is 36.4 Å². The molecule has 0 aliphatic carbocycles. The quantitative estimate of drug-likeness (QED) is 0.568. The van der Waals surface area contributed by atoms with Crippen molar-refractivity contribution in [2.75, 3.05) is 5.73 Å². The average molecular weight is 240 g/mol. The van der Waals surface area contributed by atoms with E-state index in [2.05, 4.69) is 0 Å². The van der Waals surface area contributed by atoms with Gasteiger partial charge in [-0.15, -0.1) is 0 Å². The van der Waals surface area contributed by atoms with E-state index in [0.29, 0.717) is 5.69 Å². The van der Waals surface area contributed by atoms with Crippen molar-refractivity contribution in [1.82, 2.24) is 0 Å². The molecule has 0 amide bonds. The molecule has 4 nitrogen and oxygen atoms in total. The maximum absolute atomic E-state index is 10.8. The van der Waals surface area contributed by atoms with Crippen LogP contribution in [0.15, 0.2) is 48.5 Å². The Hall–Kier alpha value is -2.62. The van der Waals surface area contributed by atoms with Gasteiger partial charge >= 0.3 is 5.97 Å². The van der Waals surface area contributed by atoms with Crippen LogP contribution in [-0.4, -0.2) is 16.8 Å². The van der Waals surface area contributed by atoms with Gasteiger partial charge in [-0.05, 0) is 23.3 Å². The first-order valence-corrected chi connectivity index (χ1v) is 5.37. The summed E-state index contributed by atoms with van der Waals surface area (Å²) in [4.78, 5) is 10.8. The van der Waals surface area contributed by atoms with E-state index in [0.717, 1.165) is 11.1 Å². The number of benzene rings is 2. The first-order valence-electron chi connectivity index (χ1n) is 5.37. The molecule has 0 aliphatic rings. The third-order valence-electron chi connectivity index (χ3n) is 2.64. The van der Waals surface area contributed by atoms with Gasteiger partial charge in [0.1, 0.15) is 5.71 Å². The summed E-state index contributed by atoms with van der Waals surface area (Å²) in [5.74, 6) is -1.29. The monoisotopic (exact) mass is 240 g/mol. The normalized spacial score (nSPS) is 10.0. The van der Waals surface area contributed by atoms with Gasteiger partial charge in [0.25, 0.3) is 0 Å². The number of carboxylic acids is 1. The summed E-state index contributed by atoms with van der Waals surface area (Å²) in [5, 5.41) is 16.3. The Morgan fingerprint density at radius 2 is 1.72 bits per heavy atom. The number of carboxylic acid groups (broad SMARTS) is 1. The lowest BCUT2D eigenvalue weighted by Gasteiger charge is -2.07. The Morgan fingerprint density at radius 3 is 2.33 bits per heavy atom. The van der Waals surface area contributed by atoms with Gasteiger partial charge in [-0.2, -0.15) is 0 Å². The van der Waals surface area contributed by atoms with E-state index in [9.17, 15) is 4.79 Å². The van der Waals surface area contributed by atoms with Crippen molar-refractivity contribution in [2.45, 2.75) is 0 Å². The molecule has 0 unspecified atom stereocenters. The van der Waals surface area contributed by atoms with Crippen LogP contribution in [-0.2, 0) is 4.79 Å². The lowest BCUT2D eigenvalue weighted by Crippen LogP contribution is -2.14. The van der Waals surface area contributed by atoms with E-state index in [4.69, 9.17) is 16.2 Å². The van der Waals surface area contributed by atoms with E-state index >= 15 is 0 Å². The van der Waals surface area contributed by atoms with Gasteiger partial charge in [-0.25, -0.2) is 4.79 Å². The molecule has 4 heteroatoms. The molecule has 2 aromatic rings. The van der Waals surface area contributed by atoms with Crippen LogP contribution in [0, 0.1) is 5.41 Å². The summed E-state index contributed by atoms with van der Waals surface area (Å²) in [5.41, 5.74) is 7.53. The summed E-state index contributed by atoms with van der Waals surface area (Å²) in [7, 11) is 0. The number of hydrogen-bond acceptors (Lipinski definition) is 3. The molecule has 0 radical (unpaired) electrons. The standard InChI is InChI=1S/C14H12N2O2/c15-12-7-6-10(9-4-2-1-3-5-9)8-11(12)13(16)14(17)18/h1-8,16H,15H2,(H,17,18). The predicted octanol–water partition coefficient (Wildman–Crippen LogP) is 2.39. The number of carbonyl (C=O) groups is 1. The minimum absolute atomic E-state index is 0.240. The van der Waals surface area contributed by atoms with Crippen molar-refractivity contribution in [3.8, 4) is 11.1 Å². The molecule has 0 spiro atoms. The molecule has 0 heterocycles. The number of nitrogens with two attached hydrogens (primary N) is 1. The van der Waals surface area contributed by atoms with Gasteiger partial charge in [0.2, 0.25) is 0 Å². The summed E-state index contributed by atoms with van der Waals surface area (Å²) >= 11 is 0. The second kappa shape index (κ2) is 4.71. The Balaban J connectivity index is 2.51. The van der Waals surface area contributed by atoms with Crippen LogP contribution in [0.5, 0.6) is 0 Å². The SMILES string of the molecule is N=C(C(=O)O)c1cc(-c2ccccc2)ccc1N. The maximum Gasteiger partial charge on any atom is 0.354 e. The third kappa shape index (κ3) is 2.22. The highest BCUT2D eigenvalue weighted by atomic mass is 16.4. The molecule has 2 rings (SSSR count). The summed E-state index contributed by atoms with van der Waals surface area (Å²) < 4.78 is 0. The highest BCUT2D eigenvalue weighted by Gasteiger charge is 2.14. The predicted molar refractivity (Wildman–Crippen MR) is 70.8 cm³/mol. The molecule has 0 saturated carbocycles. The minimum atomic E-state index is -1.29. The molecule has 18 heavy (non-hydrogen) atoms. The lowest BCUT2D eigenvalue weighted by molar-refractivity contribution is -0.129. The fraction of sp³-hybridized carbons (Fsp3) is 0. The van der Waals surface area contributed by atoms with Gasteiger partial charge < -0.3 is 10.8 Å². The maximum atomic E-state index is 10.8.